The van der Waals surface area contributed by atoms with Gasteiger partial charge in [0.1, 0.15) is 11.2 Å². The Morgan fingerprint density at radius 1 is 1.56 bits per heavy atom. The molecule has 0 radical (unpaired) electrons. The highest BCUT2D eigenvalue weighted by molar-refractivity contribution is 7.07. The number of hydrogen-bond acceptors (Lipinski definition) is 4. The summed E-state index contributed by atoms with van der Waals surface area (Å²) in [6, 6.07) is 2.00. The first-order valence-corrected chi connectivity index (χ1v) is 6.93. The van der Waals surface area contributed by atoms with Crippen LogP contribution in [0.3, 0.4) is 0 Å². The van der Waals surface area contributed by atoms with E-state index in [9.17, 15) is 9.90 Å². The molecule has 0 bridgehead atoms. The van der Waals surface area contributed by atoms with Gasteiger partial charge in [-0.25, -0.2) is 4.79 Å². The van der Waals surface area contributed by atoms with E-state index in [1.807, 2.05) is 37.6 Å². The number of carbonyl (C=O) groups is 1. The highest BCUT2D eigenvalue weighted by Gasteiger charge is 2.45. The van der Waals surface area contributed by atoms with E-state index < -0.39 is 11.2 Å². The molecule has 5 heteroatoms. The summed E-state index contributed by atoms with van der Waals surface area (Å²) in [5.74, 6) is 0. The van der Waals surface area contributed by atoms with Crippen LogP contribution in [0.15, 0.2) is 16.8 Å². The van der Waals surface area contributed by atoms with Crippen LogP contribution >= 0.6 is 11.3 Å². The van der Waals surface area contributed by atoms with Gasteiger partial charge in [0.2, 0.25) is 0 Å². The molecule has 1 aliphatic rings. The number of ether oxygens (including phenoxy) is 1. The molecule has 4 nitrogen and oxygen atoms in total. The molecule has 1 aliphatic heterocycles. The second kappa shape index (κ2) is 4.55. The minimum Gasteiger partial charge on any atom is -0.444 e. The van der Waals surface area contributed by atoms with Crippen LogP contribution in [0.25, 0.3) is 0 Å². The summed E-state index contributed by atoms with van der Waals surface area (Å²) in [6.07, 6.45) is 0.244. The lowest BCUT2D eigenvalue weighted by atomic mass is 9.88. The molecule has 1 aromatic rings. The molecule has 100 valence electrons. The first-order chi connectivity index (χ1) is 8.27. The van der Waals surface area contributed by atoms with Crippen molar-refractivity contribution in [1.29, 1.82) is 0 Å². The lowest BCUT2D eigenvalue weighted by molar-refractivity contribution is -0.0973. The quantitative estimate of drug-likeness (QED) is 0.896. The Bertz CT molecular complexity index is 416. The van der Waals surface area contributed by atoms with Crippen LogP contribution in [0.5, 0.6) is 0 Å². The van der Waals surface area contributed by atoms with Gasteiger partial charge in [0.25, 0.3) is 0 Å². The SMILES string of the molecule is CC(C)(C)OC(=O)N1CC(O)(Cc2ccsc2)C1. The van der Waals surface area contributed by atoms with Crippen molar-refractivity contribution in [3.8, 4) is 0 Å². The van der Waals surface area contributed by atoms with E-state index in [0.29, 0.717) is 19.5 Å². The second-order valence-electron chi connectivity index (χ2n) is 5.87. The van der Waals surface area contributed by atoms with Crippen molar-refractivity contribution in [3.63, 3.8) is 0 Å². The van der Waals surface area contributed by atoms with Crippen molar-refractivity contribution in [2.45, 2.75) is 38.4 Å². The number of thiophene rings is 1. The second-order valence-corrected chi connectivity index (χ2v) is 6.65. The average molecular weight is 269 g/mol. The normalized spacial score (nSPS) is 18.3. The maximum absolute atomic E-state index is 11.7. The van der Waals surface area contributed by atoms with Crippen LogP contribution in [-0.4, -0.2) is 40.4 Å². The van der Waals surface area contributed by atoms with Gasteiger partial charge in [-0.3, -0.25) is 0 Å². The fourth-order valence-electron chi connectivity index (χ4n) is 2.00. The van der Waals surface area contributed by atoms with Gasteiger partial charge in [0, 0.05) is 6.42 Å². The minimum atomic E-state index is -0.794. The molecule has 0 aromatic carbocycles. The van der Waals surface area contributed by atoms with Gasteiger partial charge in [0.05, 0.1) is 13.1 Å². The van der Waals surface area contributed by atoms with Crippen molar-refractivity contribution < 1.29 is 14.6 Å². The van der Waals surface area contributed by atoms with Crippen molar-refractivity contribution in [2.24, 2.45) is 0 Å². The molecule has 0 atom stereocenters. The van der Waals surface area contributed by atoms with Gasteiger partial charge in [0.15, 0.2) is 0 Å². The summed E-state index contributed by atoms with van der Waals surface area (Å²) in [4.78, 5) is 13.3. The van der Waals surface area contributed by atoms with Crippen LogP contribution in [0.1, 0.15) is 26.3 Å². The molecule has 1 aromatic heterocycles. The number of aliphatic hydroxyl groups is 1. The number of amides is 1. The van der Waals surface area contributed by atoms with E-state index in [-0.39, 0.29) is 6.09 Å². The molecule has 2 rings (SSSR count). The van der Waals surface area contributed by atoms with E-state index in [2.05, 4.69) is 0 Å². The molecule has 0 spiro atoms. The molecule has 0 aliphatic carbocycles. The lowest BCUT2D eigenvalue weighted by Gasteiger charge is -2.46. The molecule has 0 saturated carbocycles. The Morgan fingerprint density at radius 3 is 2.72 bits per heavy atom. The molecular formula is C13H19NO3S. The van der Waals surface area contributed by atoms with Gasteiger partial charge in [-0.1, -0.05) is 0 Å². The van der Waals surface area contributed by atoms with Crippen molar-refractivity contribution in [1.82, 2.24) is 4.90 Å². The number of nitrogens with zero attached hydrogens (tertiary/aromatic N) is 1. The summed E-state index contributed by atoms with van der Waals surface area (Å²) in [5.41, 5.74) is -0.165. The predicted octanol–water partition coefficient (Wildman–Crippen LogP) is 2.27. The zero-order valence-electron chi connectivity index (χ0n) is 11.0. The third-order valence-electron chi connectivity index (χ3n) is 2.74. The topological polar surface area (TPSA) is 49.8 Å². The number of β-amino-alcohol motifs (C(OH)–C–C–N with tert-alkyl or cyclic N) is 1. The van der Waals surface area contributed by atoms with E-state index in [0.717, 1.165) is 5.56 Å². The van der Waals surface area contributed by atoms with Gasteiger partial charge in [-0.05, 0) is 43.2 Å². The van der Waals surface area contributed by atoms with E-state index in [4.69, 9.17) is 4.74 Å². The summed E-state index contributed by atoms with van der Waals surface area (Å²) in [7, 11) is 0. The molecule has 1 N–H and O–H groups in total. The van der Waals surface area contributed by atoms with Crippen LogP contribution < -0.4 is 0 Å². The predicted molar refractivity (Wildman–Crippen MR) is 70.8 cm³/mol. The van der Waals surface area contributed by atoms with Crippen molar-refractivity contribution in [2.75, 3.05) is 13.1 Å². The zero-order chi connectivity index (χ0) is 13.4. The fourth-order valence-corrected chi connectivity index (χ4v) is 2.67. The third-order valence-corrected chi connectivity index (χ3v) is 3.47. The molecule has 1 saturated heterocycles. The Kier molecular flexibility index (Phi) is 3.38. The van der Waals surface area contributed by atoms with Gasteiger partial charge in [-0.2, -0.15) is 11.3 Å². The van der Waals surface area contributed by atoms with Crippen LogP contribution in [0.2, 0.25) is 0 Å². The molecule has 2 heterocycles. The smallest absolute Gasteiger partial charge is 0.410 e. The maximum Gasteiger partial charge on any atom is 0.410 e. The Balaban J connectivity index is 1.84. The van der Waals surface area contributed by atoms with Gasteiger partial charge in [-0.15, -0.1) is 0 Å². The van der Waals surface area contributed by atoms with E-state index >= 15 is 0 Å². The third kappa shape index (κ3) is 3.23. The molecule has 1 amide bonds. The molecule has 18 heavy (non-hydrogen) atoms. The minimum absolute atomic E-state index is 0.345. The Morgan fingerprint density at radius 2 is 2.22 bits per heavy atom. The maximum atomic E-state index is 11.7. The summed E-state index contributed by atoms with van der Waals surface area (Å²) in [6.45, 7) is 6.20. The largest absolute Gasteiger partial charge is 0.444 e. The Hall–Kier alpha value is -1.07. The highest BCUT2D eigenvalue weighted by Crippen LogP contribution is 2.27. The number of carbonyl (C=O) groups excluding carboxylic acids is 1. The first kappa shape index (κ1) is 13.4. The summed E-state index contributed by atoms with van der Waals surface area (Å²) >= 11 is 1.61. The zero-order valence-corrected chi connectivity index (χ0v) is 11.8. The lowest BCUT2D eigenvalue weighted by Crippen LogP contribution is -2.65. The van der Waals surface area contributed by atoms with E-state index in [1.165, 1.54) is 4.90 Å². The molecule has 0 unspecified atom stereocenters. The highest BCUT2D eigenvalue weighted by atomic mass is 32.1. The van der Waals surface area contributed by atoms with Gasteiger partial charge >= 0.3 is 6.09 Å². The van der Waals surface area contributed by atoms with Crippen LogP contribution in [0.4, 0.5) is 4.79 Å². The van der Waals surface area contributed by atoms with E-state index in [1.54, 1.807) is 11.3 Å². The first-order valence-electron chi connectivity index (χ1n) is 5.99. The molecular weight excluding hydrogens is 250 g/mol. The number of rotatable bonds is 2. The standard InChI is InChI=1S/C13H19NO3S/c1-12(2,3)17-11(15)14-8-13(16,9-14)6-10-4-5-18-7-10/h4-5,7,16H,6,8-9H2,1-3H3. The number of hydrogen-bond donors (Lipinski definition) is 1. The summed E-state index contributed by atoms with van der Waals surface area (Å²) < 4.78 is 5.25. The van der Waals surface area contributed by atoms with Crippen LogP contribution in [-0.2, 0) is 11.2 Å². The van der Waals surface area contributed by atoms with Crippen molar-refractivity contribution >= 4 is 17.4 Å². The van der Waals surface area contributed by atoms with Crippen LogP contribution in [0, 0.1) is 0 Å². The Labute approximate surface area is 111 Å². The van der Waals surface area contributed by atoms with Crippen molar-refractivity contribution in [3.05, 3.63) is 22.4 Å². The van der Waals surface area contributed by atoms with Gasteiger partial charge < -0.3 is 14.7 Å². The average Bonchev–Trinajstić information content (AvgIpc) is 2.63. The number of likely N-dealkylation sites (tertiary alicyclic amines) is 1. The fraction of sp³-hybridized carbons (Fsp3) is 0.615. The monoisotopic (exact) mass is 269 g/mol. The summed E-state index contributed by atoms with van der Waals surface area (Å²) in [5, 5.41) is 14.3. The molecule has 1 fully saturated rings.